The van der Waals surface area contributed by atoms with Gasteiger partial charge in [0.25, 0.3) is 0 Å². The average Bonchev–Trinajstić information content (AvgIpc) is 2.48. The van der Waals surface area contributed by atoms with Crippen molar-refractivity contribution >= 4 is 11.7 Å². The fourth-order valence-electron chi connectivity index (χ4n) is 2.19. The Morgan fingerprint density at radius 1 is 1.26 bits per heavy atom. The first-order valence-electron chi connectivity index (χ1n) is 7.68. The van der Waals surface area contributed by atoms with Gasteiger partial charge in [0.05, 0.1) is 6.10 Å². The normalized spacial score (nSPS) is 10.5. The highest BCUT2D eigenvalue weighted by Gasteiger charge is 2.10. The highest BCUT2D eigenvalue weighted by atomic mass is 16.5. The van der Waals surface area contributed by atoms with Crippen LogP contribution in [-0.2, 0) is 6.54 Å². The summed E-state index contributed by atoms with van der Waals surface area (Å²) in [6, 6.07) is 9.41. The molecular weight excluding hydrogens is 290 g/mol. The number of aromatic nitrogens is 1. The molecule has 0 saturated carbocycles. The molecular formula is C18H23N3O2. The van der Waals surface area contributed by atoms with Gasteiger partial charge in [0, 0.05) is 12.7 Å². The molecule has 0 saturated heterocycles. The maximum absolute atomic E-state index is 12.1. The quantitative estimate of drug-likeness (QED) is 0.882. The Morgan fingerprint density at radius 3 is 2.74 bits per heavy atom. The maximum Gasteiger partial charge on any atom is 0.319 e. The summed E-state index contributed by atoms with van der Waals surface area (Å²) in [5.74, 6) is 0.421. The molecule has 0 bridgehead atoms. The van der Waals surface area contributed by atoms with Crippen LogP contribution in [0, 0.1) is 13.8 Å². The second-order valence-electron chi connectivity index (χ2n) is 5.76. The Kier molecular flexibility index (Phi) is 5.57. The minimum atomic E-state index is -0.286. The number of aryl methyl sites for hydroxylation is 2. The minimum Gasteiger partial charge on any atom is -0.473 e. The van der Waals surface area contributed by atoms with Crippen LogP contribution in [0.2, 0.25) is 0 Å². The second-order valence-corrected chi connectivity index (χ2v) is 5.76. The van der Waals surface area contributed by atoms with Crippen molar-refractivity contribution in [3.05, 3.63) is 53.2 Å². The maximum atomic E-state index is 12.1. The zero-order chi connectivity index (χ0) is 16.8. The van der Waals surface area contributed by atoms with Gasteiger partial charge in [0.1, 0.15) is 5.69 Å². The van der Waals surface area contributed by atoms with Gasteiger partial charge >= 0.3 is 6.03 Å². The van der Waals surface area contributed by atoms with Crippen LogP contribution in [0.25, 0.3) is 0 Å². The van der Waals surface area contributed by atoms with Crippen LogP contribution >= 0.6 is 0 Å². The van der Waals surface area contributed by atoms with E-state index in [4.69, 9.17) is 4.74 Å². The molecule has 5 heteroatoms. The van der Waals surface area contributed by atoms with Crippen molar-refractivity contribution in [2.24, 2.45) is 0 Å². The zero-order valence-corrected chi connectivity index (χ0v) is 14.0. The second kappa shape index (κ2) is 7.63. The predicted molar refractivity (Wildman–Crippen MR) is 91.8 cm³/mol. The van der Waals surface area contributed by atoms with Crippen molar-refractivity contribution in [3.63, 3.8) is 0 Å². The fraction of sp³-hybridized carbons (Fsp3) is 0.333. The largest absolute Gasteiger partial charge is 0.473 e. The number of ether oxygens (including phenoxy) is 1. The van der Waals surface area contributed by atoms with Crippen molar-refractivity contribution in [3.8, 4) is 5.88 Å². The van der Waals surface area contributed by atoms with E-state index in [2.05, 4.69) is 28.6 Å². The van der Waals surface area contributed by atoms with E-state index in [1.165, 1.54) is 5.56 Å². The molecule has 1 aromatic carbocycles. The van der Waals surface area contributed by atoms with Gasteiger partial charge in [-0.1, -0.05) is 23.8 Å². The molecule has 122 valence electrons. The molecule has 5 nitrogen and oxygen atoms in total. The van der Waals surface area contributed by atoms with E-state index in [-0.39, 0.29) is 12.1 Å². The number of hydrogen-bond donors (Lipinski definition) is 2. The number of urea groups is 1. The molecule has 0 fully saturated rings. The number of hydrogen-bond acceptors (Lipinski definition) is 3. The molecule has 0 aliphatic carbocycles. The summed E-state index contributed by atoms with van der Waals surface area (Å²) < 4.78 is 5.59. The van der Waals surface area contributed by atoms with Gasteiger partial charge < -0.3 is 15.4 Å². The SMILES string of the molecule is Cc1ccc(CNC(=O)Nc2cccnc2OC(C)C)c(C)c1. The van der Waals surface area contributed by atoms with Gasteiger partial charge in [-0.15, -0.1) is 0 Å². The average molecular weight is 313 g/mol. The smallest absolute Gasteiger partial charge is 0.319 e. The van der Waals surface area contributed by atoms with Crippen LogP contribution < -0.4 is 15.4 Å². The number of carbonyl (C=O) groups excluding carboxylic acids is 1. The molecule has 2 rings (SSSR count). The highest BCUT2D eigenvalue weighted by Crippen LogP contribution is 2.21. The molecule has 1 aromatic heterocycles. The van der Waals surface area contributed by atoms with E-state index >= 15 is 0 Å². The summed E-state index contributed by atoms with van der Waals surface area (Å²) in [5, 5.41) is 5.63. The van der Waals surface area contributed by atoms with Crippen molar-refractivity contribution in [2.75, 3.05) is 5.32 Å². The number of benzene rings is 1. The first-order chi connectivity index (χ1) is 11.0. The lowest BCUT2D eigenvalue weighted by Gasteiger charge is -2.14. The van der Waals surface area contributed by atoms with Crippen LogP contribution in [-0.4, -0.2) is 17.1 Å². The number of nitrogens with zero attached hydrogens (tertiary/aromatic N) is 1. The summed E-state index contributed by atoms with van der Waals surface area (Å²) in [6.07, 6.45) is 1.62. The fourth-order valence-corrected chi connectivity index (χ4v) is 2.19. The van der Waals surface area contributed by atoms with Gasteiger partial charge in [-0.05, 0) is 51.0 Å². The molecule has 0 aliphatic heterocycles. The first kappa shape index (κ1) is 16.8. The molecule has 0 radical (unpaired) electrons. The van der Waals surface area contributed by atoms with Gasteiger partial charge in [-0.25, -0.2) is 9.78 Å². The van der Waals surface area contributed by atoms with Crippen molar-refractivity contribution < 1.29 is 9.53 Å². The number of rotatable bonds is 5. The molecule has 23 heavy (non-hydrogen) atoms. The minimum absolute atomic E-state index is 0.0104. The van der Waals surface area contributed by atoms with Gasteiger partial charge in [-0.3, -0.25) is 0 Å². The molecule has 0 unspecified atom stereocenters. The van der Waals surface area contributed by atoms with Crippen LogP contribution in [0.3, 0.4) is 0 Å². The Bertz CT molecular complexity index is 684. The summed E-state index contributed by atoms with van der Waals surface area (Å²) in [5.41, 5.74) is 4.02. The number of anilines is 1. The predicted octanol–water partition coefficient (Wildman–Crippen LogP) is 3.81. The molecule has 1 heterocycles. The summed E-state index contributed by atoms with van der Waals surface area (Å²) in [6.45, 7) is 8.39. The Balaban J connectivity index is 1.97. The van der Waals surface area contributed by atoms with E-state index in [0.717, 1.165) is 11.1 Å². The topological polar surface area (TPSA) is 63.2 Å². The van der Waals surface area contributed by atoms with Gasteiger partial charge in [-0.2, -0.15) is 0 Å². The third-order valence-corrected chi connectivity index (χ3v) is 3.30. The number of carbonyl (C=O) groups is 1. The van der Waals surface area contributed by atoms with Gasteiger partial charge in [0.2, 0.25) is 5.88 Å². The lowest BCUT2D eigenvalue weighted by atomic mass is 10.1. The molecule has 2 N–H and O–H groups in total. The van der Waals surface area contributed by atoms with E-state index in [0.29, 0.717) is 18.1 Å². The van der Waals surface area contributed by atoms with Gasteiger partial charge in [0.15, 0.2) is 0 Å². The third-order valence-electron chi connectivity index (χ3n) is 3.30. The third kappa shape index (κ3) is 4.98. The van der Waals surface area contributed by atoms with E-state index < -0.39 is 0 Å². The van der Waals surface area contributed by atoms with Crippen molar-refractivity contribution in [2.45, 2.75) is 40.3 Å². The monoisotopic (exact) mass is 313 g/mol. The first-order valence-corrected chi connectivity index (χ1v) is 7.68. The Hall–Kier alpha value is -2.56. The summed E-state index contributed by atoms with van der Waals surface area (Å²) >= 11 is 0. The van der Waals surface area contributed by atoms with E-state index in [9.17, 15) is 4.79 Å². The van der Waals surface area contributed by atoms with Crippen LogP contribution in [0.4, 0.5) is 10.5 Å². The molecule has 0 atom stereocenters. The lowest BCUT2D eigenvalue weighted by molar-refractivity contribution is 0.233. The molecule has 0 aliphatic rings. The standard InChI is InChI=1S/C18H23N3O2/c1-12(2)23-17-16(6-5-9-19-17)21-18(22)20-11-15-8-7-13(3)10-14(15)4/h5-10,12H,11H2,1-4H3,(H2,20,21,22). The molecule has 2 aromatic rings. The van der Waals surface area contributed by atoms with E-state index in [1.54, 1.807) is 18.3 Å². The molecule has 0 spiro atoms. The Morgan fingerprint density at radius 2 is 2.04 bits per heavy atom. The van der Waals surface area contributed by atoms with Crippen LogP contribution in [0.15, 0.2) is 36.5 Å². The summed E-state index contributed by atoms with van der Waals surface area (Å²) in [4.78, 5) is 16.2. The number of pyridine rings is 1. The molecule has 2 amide bonds. The van der Waals surface area contributed by atoms with Crippen LogP contribution in [0.1, 0.15) is 30.5 Å². The van der Waals surface area contributed by atoms with Crippen LogP contribution in [0.5, 0.6) is 5.88 Å². The lowest BCUT2D eigenvalue weighted by Crippen LogP contribution is -2.29. The van der Waals surface area contributed by atoms with Crippen molar-refractivity contribution in [1.82, 2.24) is 10.3 Å². The zero-order valence-electron chi connectivity index (χ0n) is 14.0. The number of amides is 2. The van der Waals surface area contributed by atoms with Crippen molar-refractivity contribution in [1.29, 1.82) is 0 Å². The van der Waals surface area contributed by atoms with E-state index in [1.807, 2.05) is 32.9 Å². The highest BCUT2D eigenvalue weighted by molar-refractivity contribution is 5.90. The summed E-state index contributed by atoms with van der Waals surface area (Å²) in [7, 11) is 0. The Labute approximate surface area is 137 Å². The number of nitrogens with one attached hydrogen (secondary N) is 2.